The van der Waals surface area contributed by atoms with Crippen molar-refractivity contribution >= 4 is 21.6 Å². The SMILES string of the molecule is COc1ccc(C)cc1C(C)NC(=O)c1cccc(NS(C)(=O)=O)c1. The summed E-state index contributed by atoms with van der Waals surface area (Å²) in [5.74, 6) is 0.402. The van der Waals surface area contributed by atoms with Crippen LogP contribution in [0.25, 0.3) is 0 Å². The Bertz CT molecular complexity index is 878. The minimum atomic E-state index is -3.40. The van der Waals surface area contributed by atoms with E-state index in [-0.39, 0.29) is 11.9 Å². The highest BCUT2D eigenvalue weighted by atomic mass is 32.2. The van der Waals surface area contributed by atoms with Crippen LogP contribution in [-0.2, 0) is 10.0 Å². The van der Waals surface area contributed by atoms with Crippen LogP contribution in [0.4, 0.5) is 5.69 Å². The maximum Gasteiger partial charge on any atom is 0.251 e. The van der Waals surface area contributed by atoms with Crippen LogP contribution < -0.4 is 14.8 Å². The molecule has 134 valence electrons. The first-order valence-corrected chi connectivity index (χ1v) is 9.62. The summed E-state index contributed by atoms with van der Waals surface area (Å²) >= 11 is 0. The van der Waals surface area contributed by atoms with Crippen molar-refractivity contribution in [2.75, 3.05) is 18.1 Å². The second kappa shape index (κ2) is 7.57. The lowest BCUT2D eigenvalue weighted by atomic mass is 10.0. The molecule has 0 bridgehead atoms. The Morgan fingerprint density at radius 1 is 1.16 bits per heavy atom. The van der Waals surface area contributed by atoms with E-state index in [1.165, 1.54) is 6.07 Å². The number of anilines is 1. The van der Waals surface area contributed by atoms with Gasteiger partial charge in [0.2, 0.25) is 10.0 Å². The fraction of sp³-hybridized carbons (Fsp3) is 0.278. The van der Waals surface area contributed by atoms with Crippen molar-refractivity contribution in [3.63, 3.8) is 0 Å². The van der Waals surface area contributed by atoms with E-state index in [1.807, 2.05) is 32.0 Å². The zero-order chi connectivity index (χ0) is 18.6. The maximum absolute atomic E-state index is 12.5. The van der Waals surface area contributed by atoms with Gasteiger partial charge in [-0.1, -0.05) is 23.8 Å². The number of hydrogen-bond acceptors (Lipinski definition) is 4. The Morgan fingerprint density at radius 2 is 1.88 bits per heavy atom. The van der Waals surface area contributed by atoms with Gasteiger partial charge in [0.25, 0.3) is 5.91 Å². The summed E-state index contributed by atoms with van der Waals surface area (Å²) in [7, 11) is -1.81. The number of sulfonamides is 1. The maximum atomic E-state index is 12.5. The molecule has 1 atom stereocenters. The molecule has 0 aliphatic carbocycles. The molecule has 0 aliphatic heterocycles. The number of benzene rings is 2. The third-order valence-electron chi connectivity index (χ3n) is 3.63. The molecule has 0 saturated carbocycles. The van der Waals surface area contributed by atoms with E-state index in [0.717, 1.165) is 17.4 Å². The van der Waals surface area contributed by atoms with Gasteiger partial charge in [-0.3, -0.25) is 9.52 Å². The minimum absolute atomic E-state index is 0.270. The fourth-order valence-corrected chi connectivity index (χ4v) is 3.04. The van der Waals surface area contributed by atoms with Crippen molar-refractivity contribution in [2.45, 2.75) is 19.9 Å². The van der Waals surface area contributed by atoms with Crippen LogP contribution in [0.5, 0.6) is 5.75 Å². The van der Waals surface area contributed by atoms with Crippen LogP contribution in [0.3, 0.4) is 0 Å². The summed E-state index contributed by atoms with van der Waals surface area (Å²) in [5.41, 5.74) is 2.65. The summed E-state index contributed by atoms with van der Waals surface area (Å²) in [5, 5.41) is 2.91. The number of carbonyl (C=O) groups is 1. The molecule has 0 aliphatic rings. The molecule has 0 aromatic heterocycles. The first-order chi connectivity index (χ1) is 11.7. The molecule has 2 aromatic rings. The second-order valence-corrected chi connectivity index (χ2v) is 7.64. The number of nitrogens with one attached hydrogen (secondary N) is 2. The Morgan fingerprint density at radius 3 is 2.52 bits per heavy atom. The number of hydrogen-bond donors (Lipinski definition) is 2. The Kier molecular flexibility index (Phi) is 5.69. The molecule has 25 heavy (non-hydrogen) atoms. The number of aryl methyl sites for hydroxylation is 1. The van der Waals surface area contributed by atoms with Crippen LogP contribution in [0.2, 0.25) is 0 Å². The highest BCUT2D eigenvalue weighted by Crippen LogP contribution is 2.26. The van der Waals surface area contributed by atoms with E-state index in [9.17, 15) is 13.2 Å². The molecule has 0 spiro atoms. The molecule has 0 radical (unpaired) electrons. The molecule has 0 fully saturated rings. The molecule has 1 amide bonds. The van der Waals surface area contributed by atoms with Crippen LogP contribution in [0.1, 0.15) is 34.5 Å². The quantitative estimate of drug-likeness (QED) is 0.827. The molecular formula is C18H22N2O4S. The average Bonchev–Trinajstić information content (AvgIpc) is 2.53. The Hall–Kier alpha value is -2.54. The van der Waals surface area contributed by atoms with E-state index in [0.29, 0.717) is 17.0 Å². The van der Waals surface area contributed by atoms with E-state index < -0.39 is 10.0 Å². The highest BCUT2D eigenvalue weighted by molar-refractivity contribution is 7.92. The Labute approximate surface area is 148 Å². The van der Waals surface area contributed by atoms with Crippen molar-refractivity contribution < 1.29 is 17.9 Å². The summed E-state index contributed by atoms with van der Waals surface area (Å²) in [6.45, 7) is 3.84. The van der Waals surface area contributed by atoms with Gasteiger partial charge >= 0.3 is 0 Å². The highest BCUT2D eigenvalue weighted by Gasteiger charge is 2.16. The second-order valence-electron chi connectivity index (χ2n) is 5.90. The smallest absolute Gasteiger partial charge is 0.251 e. The molecule has 0 saturated heterocycles. The molecule has 2 aromatic carbocycles. The lowest BCUT2D eigenvalue weighted by Crippen LogP contribution is -2.27. The van der Waals surface area contributed by atoms with Gasteiger partial charge in [-0.05, 0) is 38.1 Å². The number of ether oxygens (including phenoxy) is 1. The molecule has 1 unspecified atom stereocenters. The number of amides is 1. The van der Waals surface area contributed by atoms with Gasteiger partial charge in [0.1, 0.15) is 5.75 Å². The lowest BCUT2D eigenvalue weighted by Gasteiger charge is -2.18. The van der Waals surface area contributed by atoms with Crippen LogP contribution in [0, 0.1) is 6.92 Å². The van der Waals surface area contributed by atoms with E-state index in [4.69, 9.17) is 4.74 Å². The van der Waals surface area contributed by atoms with E-state index in [1.54, 1.807) is 25.3 Å². The van der Waals surface area contributed by atoms with Gasteiger partial charge in [-0.25, -0.2) is 8.42 Å². The first-order valence-electron chi connectivity index (χ1n) is 7.73. The van der Waals surface area contributed by atoms with E-state index >= 15 is 0 Å². The molecule has 6 nitrogen and oxygen atoms in total. The average molecular weight is 362 g/mol. The predicted molar refractivity (Wildman–Crippen MR) is 98.5 cm³/mol. The zero-order valence-electron chi connectivity index (χ0n) is 14.7. The molecule has 7 heteroatoms. The predicted octanol–water partition coefficient (Wildman–Crippen LogP) is 2.87. The minimum Gasteiger partial charge on any atom is -0.496 e. The molecular weight excluding hydrogens is 340 g/mol. The third kappa shape index (κ3) is 5.22. The first kappa shape index (κ1) is 18.8. The Balaban J connectivity index is 2.19. The zero-order valence-corrected chi connectivity index (χ0v) is 15.5. The topological polar surface area (TPSA) is 84.5 Å². The van der Waals surface area contributed by atoms with Crippen molar-refractivity contribution in [1.29, 1.82) is 0 Å². The van der Waals surface area contributed by atoms with Crippen LogP contribution in [-0.4, -0.2) is 27.7 Å². The van der Waals surface area contributed by atoms with Gasteiger partial charge < -0.3 is 10.1 Å². The number of methoxy groups -OCH3 is 1. The summed E-state index contributed by atoms with van der Waals surface area (Å²) in [6.07, 6.45) is 1.06. The van der Waals surface area contributed by atoms with Crippen LogP contribution >= 0.6 is 0 Å². The van der Waals surface area contributed by atoms with Gasteiger partial charge in [-0.15, -0.1) is 0 Å². The van der Waals surface area contributed by atoms with Crippen LogP contribution in [0.15, 0.2) is 42.5 Å². The van der Waals surface area contributed by atoms with Gasteiger partial charge in [0, 0.05) is 16.8 Å². The summed E-state index contributed by atoms with van der Waals surface area (Å²) < 4.78 is 30.4. The van der Waals surface area contributed by atoms with Gasteiger partial charge in [-0.2, -0.15) is 0 Å². The largest absolute Gasteiger partial charge is 0.496 e. The molecule has 0 heterocycles. The number of rotatable bonds is 6. The van der Waals surface area contributed by atoms with Gasteiger partial charge in [0.15, 0.2) is 0 Å². The normalized spacial score (nSPS) is 12.3. The standard InChI is InChI=1S/C18H22N2O4S/c1-12-8-9-17(24-3)16(10-12)13(2)19-18(21)14-6-5-7-15(11-14)20-25(4,22)23/h5-11,13,20H,1-4H3,(H,19,21). The van der Waals surface area contributed by atoms with Crippen molar-refractivity contribution in [3.8, 4) is 5.75 Å². The van der Waals surface area contributed by atoms with E-state index in [2.05, 4.69) is 10.0 Å². The van der Waals surface area contributed by atoms with Crippen molar-refractivity contribution in [2.24, 2.45) is 0 Å². The van der Waals surface area contributed by atoms with Gasteiger partial charge in [0.05, 0.1) is 19.4 Å². The molecule has 2 N–H and O–H groups in total. The summed E-state index contributed by atoms with van der Waals surface area (Å²) in [4.78, 5) is 12.5. The third-order valence-corrected chi connectivity index (χ3v) is 4.23. The monoisotopic (exact) mass is 362 g/mol. The lowest BCUT2D eigenvalue weighted by molar-refractivity contribution is 0.0939. The molecule has 2 rings (SSSR count). The fourth-order valence-electron chi connectivity index (χ4n) is 2.49. The number of carbonyl (C=O) groups excluding carboxylic acids is 1. The van der Waals surface area contributed by atoms with Crippen molar-refractivity contribution in [3.05, 3.63) is 59.2 Å². The van der Waals surface area contributed by atoms with Crippen molar-refractivity contribution in [1.82, 2.24) is 5.32 Å². The summed E-state index contributed by atoms with van der Waals surface area (Å²) in [6, 6.07) is 11.8.